The molecule has 1 aliphatic rings. The van der Waals surface area contributed by atoms with Crippen molar-refractivity contribution in [1.29, 1.82) is 0 Å². The standard InChI is InChI=1S/C28H33N7O3S/c1-17-14-24-30-31-25(19(3)35(24)32-17)28(37)34-12-10-20(11-13-34)26-29-22(16-39-26)27(36)33(4)18(2)15-21-8-6-7-9-23(21)38-5/h6-9,14,16,18,20H,10-13,15H2,1-5H3. The average molecular weight is 548 g/mol. The number of amides is 2. The van der Waals surface area contributed by atoms with E-state index in [-0.39, 0.29) is 23.8 Å². The Morgan fingerprint density at radius 1 is 1.18 bits per heavy atom. The van der Waals surface area contributed by atoms with Crippen LogP contribution in [0.25, 0.3) is 5.65 Å². The highest BCUT2D eigenvalue weighted by Crippen LogP contribution is 2.31. The molecule has 1 aliphatic heterocycles. The molecule has 0 bridgehead atoms. The summed E-state index contributed by atoms with van der Waals surface area (Å²) in [6.45, 7) is 6.95. The molecule has 1 atom stereocenters. The first-order valence-corrected chi connectivity index (χ1v) is 14.0. The van der Waals surface area contributed by atoms with Crippen LogP contribution in [-0.4, -0.2) is 79.7 Å². The second-order valence-electron chi connectivity index (χ2n) is 10.1. The normalized spacial score (nSPS) is 14.9. The quantitative estimate of drug-likeness (QED) is 0.345. The zero-order chi connectivity index (χ0) is 27.7. The lowest BCUT2D eigenvalue weighted by Gasteiger charge is -2.31. The fraction of sp³-hybridized carbons (Fsp3) is 0.429. The Morgan fingerprint density at radius 3 is 2.67 bits per heavy atom. The first-order chi connectivity index (χ1) is 18.8. The summed E-state index contributed by atoms with van der Waals surface area (Å²) in [5.74, 6) is 0.811. The molecule has 1 aromatic carbocycles. The van der Waals surface area contributed by atoms with E-state index in [9.17, 15) is 9.59 Å². The van der Waals surface area contributed by atoms with E-state index in [2.05, 4.69) is 15.3 Å². The Morgan fingerprint density at radius 2 is 1.92 bits per heavy atom. The molecule has 4 aromatic rings. The predicted octanol–water partition coefficient (Wildman–Crippen LogP) is 3.93. The molecule has 0 N–H and O–H groups in total. The van der Waals surface area contributed by atoms with Crippen molar-refractivity contribution in [2.24, 2.45) is 0 Å². The maximum absolute atomic E-state index is 13.2. The van der Waals surface area contributed by atoms with E-state index in [1.54, 1.807) is 16.5 Å². The monoisotopic (exact) mass is 547 g/mol. The summed E-state index contributed by atoms with van der Waals surface area (Å²) in [5.41, 5.74) is 4.01. The van der Waals surface area contributed by atoms with Gasteiger partial charge >= 0.3 is 0 Å². The minimum atomic E-state index is -0.130. The van der Waals surface area contributed by atoms with Crippen molar-refractivity contribution in [1.82, 2.24) is 34.6 Å². The number of aryl methyl sites for hydroxylation is 2. The number of likely N-dealkylation sites (N-methyl/N-ethyl adjacent to an activating group) is 1. The number of para-hydroxylation sites is 1. The lowest BCUT2D eigenvalue weighted by molar-refractivity contribution is 0.0703. The first-order valence-electron chi connectivity index (χ1n) is 13.1. The molecule has 2 amide bonds. The molecule has 5 rings (SSSR count). The number of hydrogen-bond donors (Lipinski definition) is 0. The molecular formula is C28H33N7O3S. The van der Waals surface area contributed by atoms with Gasteiger partial charge in [0.25, 0.3) is 11.8 Å². The fourth-order valence-corrected chi connectivity index (χ4v) is 6.00. The number of hydrogen-bond acceptors (Lipinski definition) is 8. The molecule has 3 aromatic heterocycles. The lowest BCUT2D eigenvalue weighted by Crippen LogP contribution is -2.39. The van der Waals surface area contributed by atoms with Gasteiger partial charge in [0.05, 0.1) is 23.5 Å². The Bertz CT molecular complexity index is 1510. The third-order valence-electron chi connectivity index (χ3n) is 7.49. The molecule has 39 heavy (non-hydrogen) atoms. The number of likely N-dealkylation sites (tertiary alicyclic amines) is 1. The van der Waals surface area contributed by atoms with Crippen LogP contribution in [0.15, 0.2) is 35.7 Å². The van der Waals surface area contributed by atoms with Gasteiger partial charge < -0.3 is 14.5 Å². The van der Waals surface area contributed by atoms with E-state index in [0.29, 0.717) is 42.2 Å². The largest absolute Gasteiger partial charge is 0.496 e. The number of piperidine rings is 1. The Hall–Kier alpha value is -3.86. The molecule has 1 fully saturated rings. The topological polar surface area (TPSA) is 106 Å². The molecule has 1 unspecified atom stereocenters. The Balaban J connectivity index is 1.20. The van der Waals surface area contributed by atoms with Crippen molar-refractivity contribution in [3.8, 4) is 5.75 Å². The predicted molar refractivity (Wildman–Crippen MR) is 149 cm³/mol. The van der Waals surface area contributed by atoms with E-state index < -0.39 is 0 Å². The van der Waals surface area contributed by atoms with Gasteiger partial charge in [0.1, 0.15) is 11.4 Å². The number of carbonyl (C=O) groups is 2. The molecule has 0 saturated carbocycles. The van der Waals surface area contributed by atoms with Crippen LogP contribution in [0.4, 0.5) is 0 Å². The average Bonchev–Trinajstić information content (AvgIpc) is 3.59. The molecule has 0 radical (unpaired) electrons. The fourth-order valence-electron chi connectivity index (χ4n) is 5.04. The number of benzene rings is 1. The van der Waals surface area contributed by atoms with Crippen molar-refractivity contribution in [2.75, 3.05) is 27.2 Å². The van der Waals surface area contributed by atoms with Crippen LogP contribution < -0.4 is 4.74 Å². The van der Waals surface area contributed by atoms with Crippen LogP contribution in [0.3, 0.4) is 0 Å². The van der Waals surface area contributed by atoms with Gasteiger partial charge in [-0.1, -0.05) is 18.2 Å². The summed E-state index contributed by atoms with van der Waals surface area (Å²) >= 11 is 1.52. The van der Waals surface area contributed by atoms with E-state index in [1.807, 2.05) is 68.4 Å². The lowest BCUT2D eigenvalue weighted by atomic mass is 9.97. The molecule has 0 spiro atoms. The zero-order valence-electron chi connectivity index (χ0n) is 22.9. The van der Waals surface area contributed by atoms with Crippen LogP contribution in [0.2, 0.25) is 0 Å². The highest BCUT2D eigenvalue weighted by atomic mass is 32.1. The number of fused-ring (bicyclic) bond motifs is 1. The van der Waals surface area contributed by atoms with Crippen molar-refractivity contribution in [2.45, 2.75) is 52.0 Å². The smallest absolute Gasteiger partial charge is 0.276 e. The van der Waals surface area contributed by atoms with E-state index in [1.165, 1.54) is 11.3 Å². The third-order valence-corrected chi connectivity index (χ3v) is 8.50. The number of aromatic nitrogens is 5. The van der Waals surface area contributed by atoms with Crippen molar-refractivity contribution in [3.05, 3.63) is 69.1 Å². The summed E-state index contributed by atoms with van der Waals surface area (Å²) in [6, 6.07) is 9.69. The summed E-state index contributed by atoms with van der Waals surface area (Å²) < 4.78 is 7.13. The van der Waals surface area contributed by atoms with Crippen LogP contribution in [0.1, 0.15) is 68.6 Å². The van der Waals surface area contributed by atoms with Crippen LogP contribution in [0.5, 0.6) is 5.75 Å². The minimum Gasteiger partial charge on any atom is -0.496 e. The van der Waals surface area contributed by atoms with E-state index in [0.717, 1.165) is 34.9 Å². The maximum atomic E-state index is 13.2. The first kappa shape index (κ1) is 26.7. The second-order valence-corrected chi connectivity index (χ2v) is 11.0. The Kier molecular flexibility index (Phi) is 7.60. The number of rotatable bonds is 7. The molecule has 4 heterocycles. The highest BCUT2D eigenvalue weighted by molar-refractivity contribution is 7.09. The molecule has 0 aliphatic carbocycles. The molecule has 1 saturated heterocycles. The van der Waals surface area contributed by atoms with Gasteiger partial charge in [0.2, 0.25) is 0 Å². The number of carbonyl (C=O) groups excluding carboxylic acids is 2. The maximum Gasteiger partial charge on any atom is 0.276 e. The van der Waals surface area contributed by atoms with Crippen LogP contribution >= 0.6 is 11.3 Å². The van der Waals surface area contributed by atoms with E-state index >= 15 is 0 Å². The van der Waals surface area contributed by atoms with Crippen molar-refractivity contribution < 1.29 is 14.3 Å². The highest BCUT2D eigenvalue weighted by Gasteiger charge is 2.30. The molecule has 204 valence electrons. The van der Waals surface area contributed by atoms with Gasteiger partial charge in [-0.05, 0) is 51.7 Å². The van der Waals surface area contributed by atoms with Gasteiger partial charge in [-0.25, -0.2) is 9.50 Å². The number of thiazole rings is 1. The van der Waals surface area contributed by atoms with Gasteiger partial charge in [-0.3, -0.25) is 9.59 Å². The van der Waals surface area contributed by atoms with E-state index in [4.69, 9.17) is 9.72 Å². The van der Waals surface area contributed by atoms with Gasteiger partial charge in [-0.2, -0.15) is 5.10 Å². The number of nitrogens with zero attached hydrogens (tertiary/aromatic N) is 7. The minimum absolute atomic E-state index is 0.0235. The summed E-state index contributed by atoms with van der Waals surface area (Å²) in [6.07, 6.45) is 2.25. The van der Waals surface area contributed by atoms with Gasteiger partial charge in [0.15, 0.2) is 11.3 Å². The summed E-state index contributed by atoms with van der Waals surface area (Å²) in [4.78, 5) is 34.7. The number of methoxy groups -OCH3 is 1. The Labute approximate surface area is 231 Å². The third kappa shape index (κ3) is 5.36. The second kappa shape index (κ2) is 11.1. The molecule has 11 heteroatoms. The number of ether oxygens (including phenoxy) is 1. The SMILES string of the molecule is COc1ccccc1CC(C)N(C)C(=O)c1csc(C2CCN(C(=O)c3nnc4cc(C)nn4c3C)CC2)n1. The molecule has 10 nitrogen and oxygen atoms in total. The van der Waals surface area contributed by atoms with Crippen molar-refractivity contribution in [3.63, 3.8) is 0 Å². The van der Waals surface area contributed by atoms with Gasteiger partial charge in [0, 0.05) is 43.5 Å². The van der Waals surface area contributed by atoms with Crippen molar-refractivity contribution >= 4 is 28.8 Å². The van der Waals surface area contributed by atoms with Crippen LogP contribution in [0, 0.1) is 13.8 Å². The zero-order valence-corrected chi connectivity index (χ0v) is 23.7. The summed E-state index contributed by atoms with van der Waals surface area (Å²) in [5, 5.41) is 15.6. The van der Waals surface area contributed by atoms with Crippen LogP contribution in [-0.2, 0) is 6.42 Å². The van der Waals surface area contributed by atoms with Gasteiger partial charge in [-0.15, -0.1) is 21.5 Å². The summed E-state index contributed by atoms with van der Waals surface area (Å²) in [7, 11) is 3.48. The molecular weight excluding hydrogens is 514 g/mol.